The summed E-state index contributed by atoms with van der Waals surface area (Å²) in [6, 6.07) is 2.27. The van der Waals surface area contributed by atoms with Gasteiger partial charge in [-0.25, -0.2) is 0 Å². The summed E-state index contributed by atoms with van der Waals surface area (Å²) >= 11 is 3.64. The van der Waals surface area contributed by atoms with Crippen LogP contribution in [0.1, 0.15) is 26.5 Å². The van der Waals surface area contributed by atoms with Crippen LogP contribution in [0.25, 0.3) is 0 Å². The number of carbonyl (C=O) groups is 1. The van der Waals surface area contributed by atoms with Crippen molar-refractivity contribution in [2.24, 2.45) is 5.73 Å². The number of hydrogen-bond acceptors (Lipinski definition) is 4. The lowest BCUT2D eigenvalue weighted by Crippen LogP contribution is -2.31. The van der Waals surface area contributed by atoms with Crippen molar-refractivity contribution in [2.45, 2.75) is 24.6 Å². The lowest BCUT2D eigenvalue weighted by molar-refractivity contribution is 0.0795. The normalized spacial score (nSPS) is 23.8. The van der Waals surface area contributed by atoms with Gasteiger partial charge in [-0.15, -0.1) is 11.3 Å². The van der Waals surface area contributed by atoms with Crippen LogP contribution in [0, 0.1) is 0 Å². The minimum Gasteiger partial charge on any atom is -0.336 e. The van der Waals surface area contributed by atoms with Gasteiger partial charge in [0.25, 0.3) is 5.91 Å². The lowest BCUT2D eigenvalue weighted by atomic mass is 10.2. The third kappa shape index (κ3) is 2.23. The quantitative estimate of drug-likeness (QED) is 0.843. The van der Waals surface area contributed by atoms with Gasteiger partial charge < -0.3 is 10.6 Å². The van der Waals surface area contributed by atoms with Gasteiger partial charge >= 0.3 is 0 Å². The maximum Gasteiger partial charge on any atom is 0.263 e. The van der Waals surface area contributed by atoms with Gasteiger partial charge in [0.15, 0.2) is 0 Å². The SMILES string of the molecule is N[C@H]1CCN(C(=O)c2cc3c(s2)CCSC3)C1. The number of nitrogens with two attached hydrogens (primary N) is 1. The topological polar surface area (TPSA) is 46.3 Å². The Morgan fingerprint density at radius 1 is 1.53 bits per heavy atom. The Labute approximate surface area is 109 Å². The summed E-state index contributed by atoms with van der Waals surface area (Å²) in [6.07, 6.45) is 2.06. The van der Waals surface area contributed by atoms with Gasteiger partial charge in [-0.1, -0.05) is 0 Å². The Morgan fingerprint density at radius 2 is 2.41 bits per heavy atom. The average molecular weight is 268 g/mol. The van der Waals surface area contributed by atoms with E-state index in [1.165, 1.54) is 16.2 Å². The molecule has 0 aliphatic carbocycles. The molecule has 0 radical (unpaired) electrons. The molecule has 1 amide bonds. The molecule has 2 N–H and O–H groups in total. The van der Waals surface area contributed by atoms with E-state index < -0.39 is 0 Å². The van der Waals surface area contributed by atoms with Crippen LogP contribution in [-0.2, 0) is 12.2 Å². The highest BCUT2D eigenvalue weighted by Crippen LogP contribution is 2.32. The second-order valence-corrected chi connectivity index (χ2v) is 6.90. The lowest BCUT2D eigenvalue weighted by Gasteiger charge is -2.14. The van der Waals surface area contributed by atoms with Crippen LogP contribution >= 0.6 is 23.1 Å². The zero-order valence-corrected chi connectivity index (χ0v) is 11.3. The molecule has 0 bridgehead atoms. The second kappa shape index (κ2) is 4.63. The molecule has 2 aliphatic heterocycles. The molecule has 17 heavy (non-hydrogen) atoms. The number of thiophene rings is 1. The standard InChI is InChI=1S/C12H16N2OS2/c13-9-1-3-14(6-9)12(15)11-5-8-7-16-4-2-10(8)17-11/h5,9H,1-4,6-7,13H2/t9-/m0/s1. The van der Waals surface area contributed by atoms with E-state index in [4.69, 9.17) is 5.73 Å². The maximum absolute atomic E-state index is 12.3. The highest BCUT2D eigenvalue weighted by Gasteiger charge is 2.26. The summed E-state index contributed by atoms with van der Waals surface area (Å²) < 4.78 is 0. The number of thioether (sulfide) groups is 1. The second-order valence-electron chi connectivity index (χ2n) is 4.66. The van der Waals surface area contributed by atoms with Crippen molar-refractivity contribution in [1.29, 1.82) is 0 Å². The molecular weight excluding hydrogens is 252 g/mol. The minimum absolute atomic E-state index is 0.170. The third-order valence-corrected chi connectivity index (χ3v) is 5.58. The van der Waals surface area contributed by atoms with Gasteiger partial charge in [0.1, 0.15) is 0 Å². The molecule has 1 aromatic heterocycles. The van der Waals surface area contributed by atoms with E-state index in [0.717, 1.165) is 36.6 Å². The Morgan fingerprint density at radius 3 is 3.12 bits per heavy atom. The number of fused-ring (bicyclic) bond motifs is 1. The van der Waals surface area contributed by atoms with Gasteiger partial charge in [0.05, 0.1) is 4.88 Å². The molecule has 3 heterocycles. The van der Waals surface area contributed by atoms with E-state index >= 15 is 0 Å². The van der Waals surface area contributed by atoms with Gasteiger partial charge in [0.2, 0.25) is 0 Å². The van der Waals surface area contributed by atoms with Gasteiger partial charge in [-0.05, 0) is 30.2 Å². The number of hydrogen-bond donors (Lipinski definition) is 1. The Balaban J connectivity index is 1.79. The first-order chi connectivity index (χ1) is 8.24. The molecule has 1 atom stereocenters. The molecule has 0 spiro atoms. The van der Waals surface area contributed by atoms with Crippen LogP contribution in [0.5, 0.6) is 0 Å². The van der Waals surface area contributed by atoms with Gasteiger partial charge in [-0.3, -0.25) is 4.79 Å². The van der Waals surface area contributed by atoms with Crippen molar-refractivity contribution in [1.82, 2.24) is 4.90 Å². The maximum atomic E-state index is 12.3. The zero-order valence-electron chi connectivity index (χ0n) is 9.65. The molecule has 0 unspecified atom stereocenters. The molecule has 3 nitrogen and oxygen atoms in total. The number of nitrogens with zero attached hydrogens (tertiary/aromatic N) is 1. The van der Waals surface area contributed by atoms with E-state index in [2.05, 4.69) is 6.07 Å². The molecular formula is C12H16N2OS2. The van der Waals surface area contributed by atoms with Crippen molar-refractivity contribution in [2.75, 3.05) is 18.8 Å². The first-order valence-electron chi connectivity index (χ1n) is 5.98. The Bertz CT molecular complexity index is 420. The fourth-order valence-corrected chi connectivity index (χ4v) is 4.72. The summed E-state index contributed by atoms with van der Waals surface area (Å²) in [5, 5.41) is 0. The highest BCUT2D eigenvalue weighted by molar-refractivity contribution is 7.98. The van der Waals surface area contributed by atoms with Crippen LogP contribution in [0.15, 0.2) is 6.07 Å². The van der Waals surface area contributed by atoms with Crippen LogP contribution in [0.2, 0.25) is 0 Å². The molecule has 1 aromatic rings. The van der Waals surface area contributed by atoms with Gasteiger partial charge in [0, 0.05) is 29.8 Å². The predicted octanol–water partition coefficient (Wildman–Crippen LogP) is 1.71. The first-order valence-corrected chi connectivity index (χ1v) is 7.95. The summed E-state index contributed by atoms with van der Waals surface area (Å²) in [5.41, 5.74) is 7.22. The number of carbonyl (C=O) groups excluding carboxylic acids is 1. The number of amides is 1. The molecule has 1 saturated heterocycles. The Kier molecular flexibility index (Phi) is 3.15. The van der Waals surface area contributed by atoms with E-state index in [1.807, 2.05) is 16.7 Å². The summed E-state index contributed by atoms with van der Waals surface area (Å²) in [4.78, 5) is 16.5. The number of likely N-dealkylation sites (tertiary alicyclic amines) is 1. The van der Waals surface area contributed by atoms with Crippen molar-refractivity contribution in [3.63, 3.8) is 0 Å². The zero-order chi connectivity index (χ0) is 11.8. The summed E-state index contributed by atoms with van der Waals surface area (Å²) in [7, 11) is 0. The molecule has 0 aromatic carbocycles. The van der Waals surface area contributed by atoms with Crippen molar-refractivity contribution in [3.05, 3.63) is 21.4 Å². The third-order valence-electron chi connectivity index (χ3n) is 3.35. The fourth-order valence-electron chi connectivity index (χ4n) is 2.38. The van der Waals surface area contributed by atoms with E-state index in [-0.39, 0.29) is 11.9 Å². The van der Waals surface area contributed by atoms with Crippen molar-refractivity contribution < 1.29 is 4.79 Å². The largest absolute Gasteiger partial charge is 0.336 e. The van der Waals surface area contributed by atoms with Crippen LogP contribution < -0.4 is 5.73 Å². The highest BCUT2D eigenvalue weighted by atomic mass is 32.2. The molecule has 5 heteroatoms. The smallest absolute Gasteiger partial charge is 0.263 e. The number of aryl methyl sites for hydroxylation is 1. The van der Waals surface area contributed by atoms with Crippen molar-refractivity contribution >= 4 is 29.0 Å². The van der Waals surface area contributed by atoms with Crippen LogP contribution in [0.3, 0.4) is 0 Å². The monoisotopic (exact) mass is 268 g/mol. The molecule has 2 aliphatic rings. The average Bonchev–Trinajstić information content (AvgIpc) is 2.93. The van der Waals surface area contributed by atoms with E-state index in [9.17, 15) is 4.79 Å². The summed E-state index contributed by atoms with van der Waals surface area (Å²) in [6.45, 7) is 1.54. The summed E-state index contributed by atoms with van der Waals surface area (Å²) in [5.74, 6) is 2.44. The van der Waals surface area contributed by atoms with E-state index in [0.29, 0.717) is 0 Å². The van der Waals surface area contributed by atoms with Crippen LogP contribution in [-0.4, -0.2) is 35.7 Å². The molecule has 1 fully saturated rings. The van der Waals surface area contributed by atoms with Crippen molar-refractivity contribution in [3.8, 4) is 0 Å². The minimum atomic E-state index is 0.170. The van der Waals surface area contributed by atoms with E-state index in [1.54, 1.807) is 11.3 Å². The molecule has 0 saturated carbocycles. The molecule has 3 rings (SSSR count). The predicted molar refractivity (Wildman–Crippen MR) is 72.7 cm³/mol. The molecule has 92 valence electrons. The van der Waals surface area contributed by atoms with Gasteiger partial charge in [-0.2, -0.15) is 11.8 Å². The van der Waals surface area contributed by atoms with Crippen LogP contribution in [0.4, 0.5) is 0 Å². The Hall–Kier alpha value is -0.520. The first kappa shape index (κ1) is 11.6. The number of rotatable bonds is 1. The fraction of sp³-hybridized carbons (Fsp3) is 0.583.